The molecule has 0 spiro atoms. The van der Waals surface area contributed by atoms with E-state index in [4.69, 9.17) is 0 Å². The van der Waals surface area contributed by atoms with Crippen molar-refractivity contribution in [3.05, 3.63) is 46.7 Å². The summed E-state index contributed by atoms with van der Waals surface area (Å²) in [5, 5.41) is 3.84. The molecule has 5 nitrogen and oxygen atoms in total. The Kier molecular flexibility index (Phi) is 3.84. The fourth-order valence-corrected chi connectivity index (χ4v) is 2.67. The van der Waals surface area contributed by atoms with Gasteiger partial charge in [0.2, 0.25) is 10.0 Å². The van der Waals surface area contributed by atoms with Crippen molar-refractivity contribution in [1.29, 1.82) is 0 Å². The highest BCUT2D eigenvalue weighted by Crippen LogP contribution is 2.11. The molecule has 0 bridgehead atoms. The molecule has 96 valence electrons. The van der Waals surface area contributed by atoms with Crippen LogP contribution < -0.4 is 4.72 Å². The molecule has 0 radical (unpaired) electrons. The topological polar surface area (TPSA) is 64.0 Å². The van der Waals surface area contributed by atoms with Gasteiger partial charge in [-0.1, -0.05) is 28.1 Å². The maximum absolute atomic E-state index is 11.9. The highest BCUT2D eigenvalue weighted by Gasteiger charge is 2.15. The summed E-state index contributed by atoms with van der Waals surface area (Å²) < 4.78 is 28.8. The van der Waals surface area contributed by atoms with Crippen LogP contribution in [0.25, 0.3) is 0 Å². The molecule has 0 fully saturated rings. The second kappa shape index (κ2) is 5.21. The van der Waals surface area contributed by atoms with Crippen molar-refractivity contribution in [3.63, 3.8) is 0 Å². The summed E-state index contributed by atoms with van der Waals surface area (Å²) in [7, 11) is -1.82. The number of aryl methyl sites for hydroxylation is 1. The van der Waals surface area contributed by atoms with E-state index in [2.05, 4.69) is 25.8 Å². The Morgan fingerprint density at radius 3 is 2.56 bits per heavy atom. The van der Waals surface area contributed by atoms with Crippen molar-refractivity contribution >= 4 is 26.0 Å². The predicted molar refractivity (Wildman–Crippen MR) is 71.4 cm³/mol. The predicted octanol–water partition coefficient (Wildman–Crippen LogP) is 1.66. The van der Waals surface area contributed by atoms with E-state index < -0.39 is 10.0 Å². The van der Waals surface area contributed by atoms with Crippen LogP contribution in [0.15, 0.2) is 46.0 Å². The highest BCUT2D eigenvalue weighted by atomic mass is 79.9. The molecule has 0 saturated carbocycles. The molecular formula is C11H12BrN3O2S. The summed E-state index contributed by atoms with van der Waals surface area (Å²) in [6.07, 6.45) is 2.79. The molecule has 18 heavy (non-hydrogen) atoms. The third-order valence-corrected chi connectivity index (χ3v) is 4.26. The number of aromatic nitrogens is 2. The number of halogens is 1. The minimum Gasteiger partial charge on any atom is -0.274 e. The highest BCUT2D eigenvalue weighted by molar-refractivity contribution is 9.10. The summed E-state index contributed by atoms with van der Waals surface area (Å²) in [6, 6.07) is 7.45. The fraction of sp³-hybridized carbons (Fsp3) is 0.182. The van der Waals surface area contributed by atoms with Crippen LogP contribution in [-0.4, -0.2) is 18.2 Å². The summed E-state index contributed by atoms with van der Waals surface area (Å²) in [6.45, 7) is 0.254. The zero-order valence-corrected chi connectivity index (χ0v) is 12.1. The van der Waals surface area contributed by atoms with Gasteiger partial charge in [0.1, 0.15) is 4.90 Å². The minimum absolute atomic E-state index is 0.169. The lowest BCUT2D eigenvalue weighted by Gasteiger charge is -2.04. The van der Waals surface area contributed by atoms with Gasteiger partial charge in [0.25, 0.3) is 0 Å². The van der Waals surface area contributed by atoms with Gasteiger partial charge in [0.05, 0.1) is 6.20 Å². The average molecular weight is 330 g/mol. The third-order valence-electron chi connectivity index (χ3n) is 2.37. The standard InChI is InChI=1S/C11H12BrN3O2S/c1-15-8-11(7-13-15)18(16,17)14-6-9-2-4-10(12)5-3-9/h2-5,7-8,14H,6H2,1H3. The molecule has 1 heterocycles. The van der Waals surface area contributed by atoms with Crippen LogP contribution in [-0.2, 0) is 23.6 Å². The molecule has 0 aliphatic rings. The monoisotopic (exact) mass is 329 g/mol. The number of hydrogen-bond acceptors (Lipinski definition) is 3. The van der Waals surface area contributed by atoms with Crippen molar-refractivity contribution in [3.8, 4) is 0 Å². The van der Waals surface area contributed by atoms with Gasteiger partial charge in [-0.3, -0.25) is 4.68 Å². The van der Waals surface area contributed by atoms with Crippen molar-refractivity contribution in [2.75, 3.05) is 0 Å². The van der Waals surface area contributed by atoms with Crippen molar-refractivity contribution in [2.24, 2.45) is 7.05 Å². The van der Waals surface area contributed by atoms with Crippen LogP contribution in [0.4, 0.5) is 0 Å². The van der Waals surface area contributed by atoms with Gasteiger partial charge in [0.15, 0.2) is 0 Å². The number of nitrogens with one attached hydrogen (secondary N) is 1. The molecule has 2 rings (SSSR count). The fourth-order valence-electron chi connectivity index (χ4n) is 1.40. The van der Waals surface area contributed by atoms with Gasteiger partial charge in [-0.2, -0.15) is 5.10 Å². The molecule has 1 N–H and O–H groups in total. The molecule has 0 aliphatic carbocycles. The molecule has 0 atom stereocenters. The van der Waals surface area contributed by atoms with E-state index in [1.807, 2.05) is 24.3 Å². The number of hydrogen-bond donors (Lipinski definition) is 1. The molecule has 1 aromatic carbocycles. The molecular weight excluding hydrogens is 318 g/mol. The minimum atomic E-state index is -3.49. The van der Waals surface area contributed by atoms with Crippen LogP contribution >= 0.6 is 15.9 Å². The summed E-state index contributed by atoms with van der Waals surface area (Å²) >= 11 is 3.33. The molecule has 0 unspecified atom stereocenters. The SMILES string of the molecule is Cn1cc(S(=O)(=O)NCc2ccc(Br)cc2)cn1. The van der Waals surface area contributed by atoms with E-state index in [-0.39, 0.29) is 11.4 Å². The zero-order chi connectivity index (χ0) is 13.2. The number of rotatable bonds is 4. The van der Waals surface area contributed by atoms with Crippen LogP contribution in [0.2, 0.25) is 0 Å². The summed E-state index contributed by atoms with van der Waals surface area (Å²) in [5.41, 5.74) is 0.894. The number of sulfonamides is 1. The number of benzene rings is 1. The van der Waals surface area contributed by atoms with Gasteiger partial charge in [-0.05, 0) is 17.7 Å². The Balaban J connectivity index is 2.08. The molecule has 7 heteroatoms. The van der Waals surface area contributed by atoms with Crippen LogP contribution in [0, 0.1) is 0 Å². The lowest BCUT2D eigenvalue weighted by atomic mass is 10.2. The Morgan fingerprint density at radius 1 is 1.33 bits per heavy atom. The normalized spacial score (nSPS) is 11.7. The van der Waals surface area contributed by atoms with E-state index >= 15 is 0 Å². The molecule has 1 aromatic heterocycles. The third kappa shape index (κ3) is 3.18. The van der Waals surface area contributed by atoms with E-state index in [1.165, 1.54) is 17.1 Å². The first-order valence-electron chi connectivity index (χ1n) is 5.20. The van der Waals surface area contributed by atoms with E-state index in [1.54, 1.807) is 7.05 Å². The van der Waals surface area contributed by atoms with Gasteiger partial charge in [-0.25, -0.2) is 13.1 Å². The van der Waals surface area contributed by atoms with Crippen molar-refractivity contribution in [1.82, 2.24) is 14.5 Å². The van der Waals surface area contributed by atoms with E-state index in [9.17, 15) is 8.42 Å². The maximum atomic E-state index is 11.9. The van der Waals surface area contributed by atoms with Gasteiger partial charge in [0, 0.05) is 24.3 Å². The molecule has 0 saturated heterocycles. The van der Waals surface area contributed by atoms with Gasteiger partial charge >= 0.3 is 0 Å². The van der Waals surface area contributed by atoms with Crippen LogP contribution in [0.5, 0.6) is 0 Å². The lowest BCUT2D eigenvalue weighted by molar-refractivity contribution is 0.581. The first-order valence-corrected chi connectivity index (χ1v) is 7.48. The Labute approximate surface area is 114 Å². The first-order chi connectivity index (χ1) is 8.47. The maximum Gasteiger partial charge on any atom is 0.243 e. The van der Waals surface area contributed by atoms with Crippen molar-refractivity contribution < 1.29 is 8.42 Å². The zero-order valence-electron chi connectivity index (χ0n) is 9.67. The van der Waals surface area contributed by atoms with Gasteiger partial charge < -0.3 is 0 Å². The van der Waals surface area contributed by atoms with Crippen LogP contribution in [0.1, 0.15) is 5.56 Å². The molecule has 2 aromatic rings. The lowest BCUT2D eigenvalue weighted by Crippen LogP contribution is -2.22. The largest absolute Gasteiger partial charge is 0.274 e. The second-order valence-corrected chi connectivity index (χ2v) is 6.48. The van der Waals surface area contributed by atoms with E-state index in [0.717, 1.165) is 10.0 Å². The number of nitrogens with zero attached hydrogens (tertiary/aromatic N) is 2. The average Bonchev–Trinajstić information content (AvgIpc) is 2.76. The quantitative estimate of drug-likeness (QED) is 0.927. The second-order valence-electron chi connectivity index (χ2n) is 3.80. The Morgan fingerprint density at radius 2 is 2.00 bits per heavy atom. The molecule has 0 aliphatic heterocycles. The Bertz CT molecular complexity index is 635. The van der Waals surface area contributed by atoms with E-state index in [0.29, 0.717) is 0 Å². The molecule has 0 amide bonds. The van der Waals surface area contributed by atoms with Crippen molar-refractivity contribution in [2.45, 2.75) is 11.4 Å². The summed E-state index contributed by atoms with van der Waals surface area (Å²) in [5.74, 6) is 0. The van der Waals surface area contributed by atoms with Crippen LogP contribution in [0.3, 0.4) is 0 Å². The van der Waals surface area contributed by atoms with Gasteiger partial charge in [-0.15, -0.1) is 0 Å². The Hall–Kier alpha value is -1.18. The smallest absolute Gasteiger partial charge is 0.243 e. The summed E-state index contributed by atoms with van der Waals surface area (Å²) in [4.78, 5) is 0.169. The first kappa shape index (κ1) is 13.3.